The van der Waals surface area contributed by atoms with Gasteiger partial charge in [-0.25, -0.2) is 9.97 Å². The molecule has 0 bridgehead atoms. The zero-order valence-corrected chi connectivity index (χ0v) is 11.0. The molecule has 1 aromatic heterocycles. The van der Waals surface area contributed by atoms with Crippen molar-refractivity contribution in [3.63, 3.8) is 0 Å². The number of nitrogens with two attached hydrogens (primary N) is 1. The fraction of sp³-hybridized carbons (Fsp3) is 0.545. The first kappa shape index (κ1) is 12.2. The highest BCUT2D eigenvalue weighted by Gasteiger charge is 2.19. The van der Waals surface area contributed by atoms with Gasteiger partial charge in [0.05, 0.1) is 5.69 Å². The normalized spacial score (nSPS) is 15.4. The Labute approximate surface area is 106 Å². The molecule has 1 aromatic rings. The van der Waals surface area contributed by atoms with Crippen molar-refractivity contribution < 1.29 is 0 Å². The van der Waals surface area contributed by atoms with E-state index in [1.54, 1.807) is 0 Å². The van der Waals surface area contributed by atoms with Crippen LogP contribution in [0.5, 0.6) is 0 Å². The Kier molecular flexibility index (Phi) is 3.54. The third-order valence-corrected chi connectivity index (χ3v) is 3.14. The van der Waals surface area contributed by atoms with Crippen LogP contribution in [0.2, 0.25) is 0 Å². The van der Waals surface area contributed by atoms with Crippen LogP contribution < -0.4 is 11.1 Å². The van der Waals surface area contributed by atoms with Gasteiger partial charge in [0, 0.05) is 18.8 Å². The molecule has 0 unspecified atom stereocenters. The number of anilines is 1. The van der Waals surface area contributed by atoms with Crippen molar-refractivity contribution in [2.24, 2.45) is 5.73 Å². The van der Waals surface area contributed by atoms with Crippen LogP contribution in [-0.2, 0) is 13.0 Å². The van der Waals surface area contributed by atoms with Crippen molar-refractivity contribution in [1.82, 2.24) is 14.9 Å². The molecule has 2 rings (SSSR count). The van der Waals surface area contributed by atoms with Gasteiger partial charge in [0.2, 0.25) is 5.95 Å². The smallest absolute Gasteiger partial charge is 0.229 e. The number of aromatic nitrogens is 2. The maximum atomic E-state index is 5.43. The van der Waals surface area contributed by atoms with Gasteiger partial charge in [-0.3, -0.25) is 4.90 Å². The van der Waals surface area contributed by atoms with Crippen molar-refractivity contribution in [3.05, 3.63) is 17.0 Å². The summed E-state index contributed by atoms with van der Waals surface area (Å²) in [6.07, 6.45) is 1.02. The lowest BCUT2D eigenvalue weighted by Crippen LogP contribution is -2.32. The largest absolute Gasteiger partial charge is 0.376 e. The molecule has 6 heteroatoms. The molecule has 5 nitrogen and oxygen atoms in total. The number of rotatable bonds is 2. The van der Waals surface area contributed by atoms with Gasteiger partial charge < -0.3 is 11.1 Å². The van der Waals surface area contributed by atoms with Gasteiger partial charge >= 0.3 is 0 Å². The van der Waals surface area contributed by atoms with E-state index >= 15 is 0 Å². The monoisotopic (exact) mass is 251 g/mol. The Bertz CT molecular complexity index is 446. The predicted octanol–water partition coefficient (Wildman–Crippen LogP) is 0.819. The molecule has 0 atom stereocenters. The minimum Gasteiger partial charge on any atom is -0.376 e. The lowest BCUT2D eigenvalue weighted by Gasteiger charge is -2.27. The number of hydrogen-bond acceptors (Lipinski definition) is 4. The van der Waals surface area contributed by atoms with Crippen LogP contribution in [0.1, 0.15) is 23.9 Å². The molecule has 2 heterocycles. The van der Waals surface area contributed by atoms with Gasteiger partial charge in [-0.05, 0) is 37.7 Å². The molecule has 0 fully saturated rings. The summed E-state index contributed by atoms with van der Waals surface area (Å²) < 4.78 is 0. The van der Waals surface area contributed by atoms with E-state index in [2.05, 4.69) is 27.1 Å². The molecule has 0 radical (unpaired) electrons. The van der Waals surface area contributed by atoms with Crippen LogP contribution >= 0.6 is 12.2 Å². The number of hydrogen-bond donors (Lipinski definition) is 2. The molecule has 1 aliphatic rings. The number of thiocarbonyl (C=S) groups is 1. The number of nitrogens with one attached hydrogen (secondary N) is 1. The number of nitrogens with zero attached hydrogens (tertiary/aromatic N) is 3. The zero-order chi connectivity index (χ0) is 12.4. The minimum absolute atomic E-state index is 0.201. The van der Waals surface area contributed by atoms with Gasteiger partial charge in [-0.15, -0.1) is 0 Å². The van der Waals surface area contributed by atoms with E-state index in [4.69, 9.17) is 18.0 Å². The van der Waals surface area contributed by atoms with Crippen LogP contribution in [0.3, 0.4) is 0 Å². The van der Waals surface area contributed by atoms with Crippen molar-refractivity contribution in [3.8, 4) is 0 Å². The van der Waals surface area contributed by atoms with Crippen molar-refractivity contribution in [2.45, 2.75) is 26.8 Å². The third-order valence-electron chi connectivity index (χ3n) is 3.03. The summed E-state index contributed by atoms with van der Waals surface area (Å²) in [7, 11) is 0. The second-order valence-corrected chi connectivity index (χ2v) is 4.61. The first-order chi connectivity index (χ1) is 8.10. The van der Waals surface area contributed by atoms with E-state index in [0.29, 0.717) is 5.95 Å². The molecule has 0 saturated heterocycles. The van der Waals surface area contributed by atoms with Gasteiger partial charge in [0.1, 0.15) is 0 Å². The van der Waals surface area contributed by atoms with Gasteiger partial charge in [0.15, 0.2) is 5.11 Å². The maximum Gasteiger partial charge on any atom is 0.229 e. The Morgan fingerprint density at radius 3 is 2.94 bits per heavy atom. The summed E-state index contributed by atoms with van der Waals surface area (Å²) in [5.41, 5.74) is 8.81. The van der Waals surface area contributed by atoms with Crippen LogP contribution in [-0.4, -0.2) is 33.1 Å². The van der Waals surface area contributed by atoms with Crippen molar-refractivity contribution >= 4 is 23.3 Å². The molecule has 1 aliphatic heterocycles. The Balaban J connectivity index is 2.31. The highest BCUT2D eigenvalue weighted by Crippen LogP contribution is 2.20. The fourth-order valence-corrected chi connectivity index (χ4v) is 2.20. The first-order valence-electron chi connectivity index (χ1n) is 5.75. The summed E-state index contributed by atoms with van der Waals surface area (Å²) >= 11 is 4.80. The highest BCUT2D eigenvalue weighted by molar-refractivity contribution is 7.80. The van der Waals surface area contributed by atoms with E-state index < -0.39 is 0 Å². The molecule has 0 saturated carbocycles. The minimum atomic E-state index is 0.201. The number of fused-ring (bicyclic) bond motifs is 1. The quantitative estimate of drug-likeness (QED) is 0.759. The van der Waals surface area contributed by atoms with Crippen LogP contribution in [0.15, 0.2) is 0 Å². The SMILES string of the molecule is CCN1CCc2c(C)nc(NC(N)=S)nc2C1. The zero-order valence-electron chi connectivity index (χ0n) is 10.2. The third kappa shape index (κ3) is 2.70. The summed E-state index contributed by atoms with van der Waals surface area (Å²) in [6, 6.07) is 0. The second-order valence-electron chi connectivity index (χ2n) is 4.17. The van der Waals surface area contributed by atoms with E-state index in [1.165, 1.54) is 5.56 Å². The molecular formula is C11H17N5S. The topological polar surface area (TPSA) is 67.1 Å². The molecule has 17 heavy (non-hydrogen) atoms. The van der Waals surface area contributed by atoms with Crippen molar-refractivity contribution in [2.75, 3.05) is 18.4 Å². The van der Waals surface area contributed by atoms with Crippen LogP contribution in [0.4, 0.5) is 5.95 Å². The van der Waals surface area contributed by atoms with E-state index in [1.807, 2.05) is 6.92 Å². The predicted molar refractivity (Wildman–Crippen MR) is 71.8 cm³/mol. The Hall–Kier alpha value is -1.27. The molecule has 0 aliphatic carbocycles. The highest BCUT2D eigenvalue weighted by atomic mass is 32.1. The van der Waals surface area contributed by atoms with E-state index in [0.717, 1.165) is 37.4 Å². The Morgan fingerprint density at radius 1 is 1.53 bits per heavy atom. The molecule has 0 aromatic carbocycles. The number of aryl methyl sites for hydroxylation is 1. The first-order valence-corrected chi connectivity index (χ1v) is 6.16. The summed E-state index contributed by atoms with van der Waals surface area (Å²) in [5.74, 6) is 0.506. The summed E-state index contributed by atoms with van der Waals surface area (Å²) in [4.78, 5) is 11.2. The van der Waals surface area contributed by atoms with E-state index in [9.17, 15) is 0 Å². The average Bonchev–Trinajstić information content (AvgIpc) is 2.27. The molecular weight excluding hydrogens is 234 g/mol. The molecule has 0 spiro atoms. The molecule has 3 N–H and O–H groups in total. The van der Waals surface area contributed by atoms with Gasteiger partial charge in [0.25, 0.3) is 0 Å². The van der Waals surface area contributed by atoms with Crippen LogP contribution in [0, 0.1) is 6.92 Å². The summed E-state index contributed by atoms with van der Waals surface area (Å²) in [6.45, 7) is 7.16. The van der Waals surface area contributed by atoms with Crippen LogP contribution in [0.25, 0.3) is 0 Å². The number of likely N-dealkylation sites (N-methyl/N-ethyl adjacent to an activating group) is 1. The molecule has 0 amide bonds. The molecule has 92 valence electrons. The lowest BCUT2D eigenvalue weighted by atomic mass is 10.0. The van der Waals surface area contributed by atoms with Gasteiger partial charge in [-0.2, -0.15) is 0 Å². The lowest BCUT2D eigenvalue weighted by molar-refractivity contribution is 0.263. The Morgan fingerprint density at radius 2 is 2.29 bits per heavy atom. The van der Waals surface area contributed by atoms with E-state index in [-0.39, 0.29) is 5.11 Å². The summed E-state index contributed by atoms with van der Waals surface area (Å²) in [5, 5.41) is 3.00. The van der Waals surface area contributed by atoms with Gasteiger partial charge in [-0.1, -0.05) is 6.92 Å². The maximum absolute atomic E-state index is 5.43. The average molecular weight is 251 g/mol. The second kappa shape index (κ2) is 4.93. The standard InChI is InChI=1S/C11H17N5S/c1-3-16-5-4-8-7(2)13-11(15-10(12)17)14-9(8)6-16/h3-6H2,1-2H3,(H3,12,13,14,15,17). The fourth-order valence-electron chi connectivity index (χ4n) is 2.11. The van der Waals surface area contributed by atoms with Crippen molar-refractivity contribution in [1.29, 1.82) is 0 Å².